The number of anilines is 1. The standard InChI is InChI=1S/C16H11F2NO2/c1-9-11-4-2-3-5-14(11)21-15(9)16(20)19-13-7-6-10(17)8-12(13)18/h2-8H,1H3,(H,19,20). The number of para-hydroxylation sites is 1. The minimum Gasteiger partial charge on any atom is -0.451 e. The van der Waals surface area contributed by atoms with Crippen LogP contribution in [-0.4, -0.2) is 5.91 Å². The molecule has 2 aromatic carbocycles. The Morgan fingerprint density at radius 2 is 1.90 bits per heavy atom. The molecule has 0 fully saturated rings. The largest absolute Gasteiger partial charge is 0.451 e. The summed E-state index contributed by atoms with van der Waals surface area (Å²) in [5.74, 6) is -2.00. The van der Waals surface area contributed by atoms with Crippen molar-refractivity contribution in [3.63, 3.8) is 0 Å². The first-order chi connectivity index (χ1) is 10.1. The lowest BCUT2D eigenvalue weighted by Gasteiger charge is -2.05. The second-order valence-corrected chi connectivity index (χ2v) is 4.63. The van der Waals surface area contributed by atoms with Crippen molar-refractivity contribution in [3.05, 3.63) is 65.4 Å². The van der Waals surface area contributed by atoms with Gasteiger partial charge in [-0.15, -0.1) is 0 Å². The smallest absolute Gasteiger partial charge is 0.291 e. The van der Waals surface area contributed by atoms with E-state index < -0.39 is 17.5 Å². The number of carbonyl (C=O) groups is 1. The van der Waals surface area contributed by atoms with E-state index in [9.17, 15) is 13.6 Å². The van der Waals surface area contributed by atoms with Crippen molar-refractivity contribution < 1.29 is 18.0 Å². The van der Waals surface area contributed by atoms with Crippen LogP contribution in [0.2, 0.25) is 0 Å². The van der Waals surface area contributed by atoms with Crippen molar-refractivity contribution in [2.45, 2.75) is 6.92 Å². The zero-order valence-corrected chi connectivity index (χ0v) is 11.1. The van der Waals surface area contributed by atoms with E-state index in [0.717, 1.165) is 11.5 Å². The summed E-state index contributed by atoms with van der Waals surface area (Å²) >= 11 is 0. The molecule has 0 aliphatic heterocycles. The third kappa shape index (κ3) is 2.38. The number of hydrogen-bond donors (Lipinski definition) is 1. The Kier molecular flexibility index (Phi) is 3.17. The molecule has 0 spiro atoms. The molecule has 3 nitrogen and oxygen atoms in total. The van der Waals surface area contributed by atoms with Gasteiger partial charge in [-0.1, -0.05) is 18.2 Å². The highest BCUT2D eigenvalue weighted by Gasteiger charge is 2.18. The van der Waals surface area contributed by atoms with Crippen LogP contribution in [0.5, 0.6) is 0 Å². The maximum atomic E-state index is 13.5. The molecule has 0 saturated heterocycles. The molecule has 0 radical (unpaired) electrons. The van der Waals surface area contributed by atoms with Crippen molar-refractivity contribution >= 4 is 22.6 Å². The van der Waals surface area contributed by atoms with Gasteiger partial charge in [-0.25, -0.2) is 8.78 Å². The molecule has 0 aliphatic rings. The van der Waals surface area contributed by atoms with Gasteiger partial charge in [-0.05, 0) is 25.1 Å². The molecule has 0 atom stereocenters. The van der Waals surface area contributed by atoms with Crippen LogP contribution in [0.1, 0.15) is 16.1 Å². The van der Waals surface area contributed by atoms with Crippen molar-refractivity contribution in [3.8, 4) is 0 Å². The third-order valence-electron chi connectivity index (χ3n) is 3.23. The van der Waals surface area contributed by atoms with Crippen molar-refractivity contribution in [2.24, 2.45) is 0 Å². The number of rotatable bonds is 2. The summed E-state index contributed by atoms with van der Waals surface area (Å²) in [6.45, 7) is 1.75. The summed E-state index contributed by atoms with van der Waals surface area (Å²) in [5.41, 5.74) is 1.16. The van der Waals surface area contributed by atoms with Crippen molar-refractivity contribution in [1.82, 2.24) is 0 Å². The number of hydrogen-bond acceptors (Lipinski definition) is 2. The summed E-state index contributed by atoms with van der Waals surface area (Å²) in [6.07, 6.45) is 0. The highest BCUT2D eigenvalue weighted by Crippen LogP contribution is 2.26. The summed E-state index contributed by atoms with van der Waals surface area (Å²) in [4.78, 5) is 12.2. The SMILES string of the molecule is Cc1c(C(=O)Nc2ccc(F)cc2F)oc2ccccc12. The fraction of sp³-hybridized carbons (Fsp3) is 0.0625. The Morgan fingerprint density at radius 1 is 1.14 bits per heavy atom. The van der Waals surface area contributed by atoms with Gasteiger partial charge in [0, 0.05) is 17.0 Å². The topological polar surface area (TPSA) is 42.2 Å². The molecule has 5 heteroatoms. The first kappa shape index (κ1) is 13.3. The van der Waals surface area contributed by atoms with Crippen LogP contribution in [0.4, 0.5) is 14.5 Å². The van der Waals surface area contributed by atoms with Crippen LogP contribution >= 0.6 is 0 Å². The van der Waals surface area contributed by atoms with Crippen LogP contribution < -0.4 is 5.32 Å². The first-order valence-corrected chi connectivity index (χ1v) is 6.31. The zero-order valence-electron chi connectivity index (χ0n) is 11.1. The van der Waals surface area contributed by atoms with Crippen LogP contribution in [-0.2, 0) is 0 Å². The van der Waals surface area contributed by atoms with Crippen LogP contribution in [0, 0.1) is 18.6 Å². The lowest BCUT2D eigenvalue weighted by atomic mass is 10.1. The van der Waals surface area contributed by atoms with Gasteiger partial charge >= 0.3 is 0 Å². The van der Waals surface area contributed by atoms with Gasteiger partial charge in [0.25, 0.3) is 5.91 Å². The normalized spacial score (nSPS) is 10.8. The van der Waals surface area contributed by atoms with Crippen LogP contribution in [0.3, 0.4) is 0 Å². The molecule has 0 bridgehead atoms. The van der Waals surface area contributed by atoms with E-state index in [1.165, 1.54) is 6.07 Å². The fourth-order valence-corrected chi connectivity index (χ4v) is 2.16. The summed E-state index contributed by atoms with van der Waals surface area (Å²) in [5, 5.41) is 3.20. The molecule has 1 N–H and O–H groups in total. The lowest BCUT2D eigenvalue weighted by Crippen LogP contribution is -2.13. The Morgan fingerprint density at radius 3 is 2.62 bits per heavy atom. The maximum absolute atomic E-state index is 13.5. The molecular formula is C16H11F2NO2. The van der Waals surface area contributed by atoms with Gasteiger partial charge in [0.05, 0.1) is 5.69 Å². The molecule has 1 amide bonds. The molecule has 0 unspecified atom stereocenters. The van der Waals surface area contributed by atoms with Crippen LogP contribution in [0.15, 0.2) is 46.9 Å². The second kappa shape index (κ2) is 5.01. The number of carbonyl (C=O) groups excluding carboxylic acids is 1. The van der Waals surface area contributed by atoms with Gasteiger partial charge in [0.15, 0.2) is 5.76 Å². The molecule has 106 valence electrons. The summed E-state index contributed by atoms with van der Waals surface area (Å²) < 4.78 is 31.9. The molecule has 21 heavy (non-hydrogen) atoms. The minimum atomic E-state index is -0.836. The van der Waals surface area contributed by atoms with E-state index in [1.807, 2.05) is 12.1 Å². The van der Waals surface area contributed by atoms with E-state index in [2.05, 4.69) is 5.32 Å². The quantitative estimate of drug-likeness (QED) is 0.764. The Bertz CT molecular complexity index is 839. The number of fused-ring (bicyclic) bond motifs is 1. The van der Waals surface area contributed by atoms with Gasteiger partial charge < -0.3 is 9.73 Å². The second-order valence-electron chi connectivity index (χ2n) is 4.63. The molecule has 3 rings (SSSR count). The van der Waals surface area contributed by atoms with Crippen LogP contribution in [0.25, 0.3) is 11.0 Å². The maximum Gasteiger partial charge on any atom is 0.291 e. The van der Waals surface area contributed by atoms with Crippen molar-refractivity contribution in [2.75, 3.05) is 5.32 Å². The average Bonchev–Trinajstić information content (AvgIpc) is 2.80. The number of aryl methyl sites for hydroxylation is 1. The Hall–Kier alpha value is -2.69. The Labute approximate surface area is 119 Å². The third-order valence-corrected chi connectivity index (χ3v) is 3.23. The van der Waals surface area contributed by atoms with E-state index in [1.54, 1.807) is 19.1 Å². The van der Waals surface area contributed by atoms with Crippen molar-refractivity contribution in [1.29, 1.82) is 0 Å². The molecular weight excluding hydrogens is 276 g/mol. The predicted molar refractivity (Wildman–Crippen MR) is 75.3 cm³/mol. The van der Waals surface area contributed by atoms with E-state index in [-0.39, 0.29) is 11.4 Å². The van der Waals surface area contributed by atoms with E-state index >= 15 is 0 Å². The number of amides is 1. The van der Waals surface area contributed by atoms with Gasteiger partial charge in [0.2, 0.25) is 0 Å². The highest BCUT2D eigenvalue weighted by molar-refractivity contribution is 6.06. The number of furan rings is 1. The monoisotopic (exact) mass is 287 g/mol. The molecule has 0 saturated carbocycles. The van der Waals surface area contributed by atoms with E-state index in [4.69, 9.17) is 4.42 Å². The summed E-state index contributed by atoms with van der Waals surface area (Å²) in [7, 11) is 0. The van der Waals surface area contributed by atoms with Gasteiger partial charge in [-0.2, -0.15) is 0 Å². The molecule has 1 heterocycles. The molecule has 1 aromatic heterocycles. The lowest BCUT2D eigenvalue weighted by molar-refractivity contribution is 0.0997. The molecule has 3 aromatic rings. The molecule has 0 aliphatic carbocycles. The van der Waals surface area contributed by atoms with Gasteiger partial charge in [0.1, 0.15) is 17.2 Å². The minimum absolute atomic E-state index is 0.0961. The number of nitrogens with one attached hydrogen (secondary N) is 1. The fourth-order valence-electron chi connectivity index (χ4n) is 2.16. The number of benzene rings is 2. The van der Waals surface area contributed by atoms with E-state index in [0.29, 0.717) is 17.2 Å². The first-order valence-electron chi connectivity index (χ1n) is 6.31. The predicted octanol–water partition coefficient (Wildman–Crippen LogP) is 4.27. The highest BCUT2D eigenvalue weighted by atomic mass is 19.1. The Balaban J connectivity index is 1.95. The number of halogens is 2. The zero-order chi connectivity index (χ0) is 15.0. The summed E-state index contributed by atoms with van der Waals surface area (Å²) in [6, 6.07) is 10.2. The average molecular weight is 287 g/mol. The van der Waals surface area contributed by atoms with Gasteiger partial charge in [-0.3, -0.25) is 4.79 Å².